The van der Waals surface area contributed by atoms with E-state index in [0.29, 0.717) is 5.92 Å². The van der Waals surface area contributed by atoms with E-state index in [2.05, 4.69) is 55.2 Å². The fourth-order valence-corrected chi connectivity index (χ4v) is 2.46. The van der Waals surface area contributed by atoms with Crippen LogP contribution >= 0.6 is 0 Å². The molecule has 3 heteroatoms. The summed E-state index contributed by atoms with van der Waals surface area (Å²) < 4.78 is 5.54. The van der Waals surface area contributed by atoms with Crippen LogP contribution in [0, 0.1) is 0 Å². The molecule has 0 spiro atoms. The van der Waals surface area contributed by atoms with E-state index in [4.69, 9.17) is 4.74 Å². The van der Waals surface area contributed by atoms with E-state index in [1.807, 2.05) is 0 Å². The van der Waals surface area contributed by atoms with Crippen LogP contribution < -0.4 is 4.74 Å². The van der Waals surface area contributed by atoms with Crippen LogP contribution in [0.2, 0.25) is 0 Å². The number of H-pyrrole nitrogens is 1. The van der Waals surface area contributed by atoms with Gasteiger partial charge in [-0.2, -0.15) is 5.10 Å². The summed E-state index contributed by atoms with van der Waals surface area (Å²) in [6, 6.07) is 8.58. The van der Waals surface area contributed by atoms with E-state index in [1.165, 1.54) is 18.4 Å². The van der Waals surface area contributed by atoms with Gasteiger partial charge in [0.05, 0.1) is 12.8 Å². The molecule has 1 aromatic carbocycles. The lowest BCUT2D eigenvalue weighted by Crippen LogP contribution is -2.11. The molecule has 2 aromatic rings. The highest BCUT2D eigenvalue weighted by atomic mass is 16.5. The van der Waals surface area contributed by atoms with Gasteiger partial charge in [0.15, 0.2) is 0 Å². The molecule has 1 aliphatic carbocycles. The van der Waals surface area contributed by atoms with Crippen LogP contribution in [-0.4, -0.2) is 17.3 Å². The molecule has 0 unspecified atom stereocenters. The molecule has 1 heterocycles. The minimum Gasteiger partial charge on any atom is -0.496 e. The second-order valence-electron chi connectivity index (χ2n) is 6.65. The summed E-state index contributed by atoms with van der Waals surface area (Å²) in [7, 11) is 1.75. The SMILES string of the molecule is COc1cc(-c2cc(C(C)(C)C)[nH]n2)ccc1C1CC1. The van der Waals surface area contributed by atoms with Crippen molar-refractivity contribution < 1.29 is 4.74 Å². The van der Waals surface area contributed by atoms with Crippen LogP contribution in [0.15, 0.2) is 24.3 Å². The third-order valence-corrected chi connectivity index (χ3v) is 3.93. The number of hydrogen-bond donors (Lipinski definition) is 1. The second kappa shape index (κ2) is 4.65. The molecule has 1 saturated carbocycles. The van der Waals surface area contributed by atoms with Crippen molar-refractivity contribution in [1.82, 2.24) is 10.2 Å². The molecule has 1 fully saturated rings. The zero-order chi connectivity index (χ0) is 14.3. The first-order valence-corrected chi connectivity index (χ1v) is 7.23. The number of nitrogens with one attached hydrogen (secondary N) is 1. The number of aromatic amines is 1. The van der Waals surface area contributed by atoms with Gasteiger partial charge in [0, 0.05) is 16.7 Å². The molecule has 0 bridgehead atoms. The minimum atomic E-state index is 0.0866. The Morgan fingerprint density at radius 2 is 1.95 bits per heavy atom. The third kappa shape index (κ3) is 2.45. The van der Waals surface area contributed by atoms with Gasteiger partial charge in [0.1, 0.15) is 5.75 Å². The fourth-order valence-electron chi connectivity index (χ4n) is 2.46. The zero-order valence-corrected chi connectivity index (χ0v) is 12.7. The van der Waals surface area contributed by atoms with Crippen LogP contribution in [0.4, 0.5) is 0 Å². The predicted molar refractivity (Wildman–Crippen MR) is 81.3 cm³/mol. The average molecular weight is 270 g/mol. The van der Waals surface area contributed by atoms with Gasteiger partial charge in [-0.25, -0.2) is 0 Å². The van der Waals surface area contributed by atoms with Crippen molar-refractivity contribution in [3.8, 4) is 17.0 Å². The number of ether oxygens (including phenoxy) is 1. The molecule has 1 aliphatic rings. The average Bonchev–Trinajstić information content (AvgIpc) is 3.12. The normalized spacial score (nSPS) is 15.4. The van der Waals surface area contributed by atoms with Gasteiger partial charge in [0.25, 0.3) is 0 Å². The minimum absolute atomic E-state index is 0.0866. The Kier molecular flexibility index (Phi) is 3.08. The van der Waals surface area contributed by atoms with Crippen LogP contribution in [0.5, 0.6) is 5.75 Å². The summed E-state index contributed by atoms with van der Waals surface area (Å²) >= 11 is 0. The molecule has 1 aromatic heterocycles. The molecular formula is C17H22N2O. The van der Waals surface area contributed by atoms with E-state index >= 15 is 0 Å². The second-order valence-corrected chi connectivity index (χ2v) is 6.65. The van der Waals surface area contributed by atoms with Crippen molar-refractivity contribution in [3.63, 3.8) is 0 Å². The number of hydrogen-bond acceptors (Lipinski definition) is 2. The Bertz CT molecular complexity index is 618. The predicted octanol–water partition coefficient (Wildman–Crippen LogP) is 4.26. The Balaban J connectivity index is 1.95. The summed E-state index contributed by atoms with van der Waals surface area (Å²) in [5.74, 6) is 1.69. The molecule has 1 N–H and O–H groups in total. The fraction of sp³-hybridized carbons (Fsp3) is 0.471. The van der Waals surface area contributed by atoms with Gasteiger partial charge in [-0.1, -0.05) is 32.9 Å². The first-order chi connectivity index (χ1) is 9.49. The standard InChI is InChI=1S/C17H22N2O/c1-17(2,3)16-10-14(18-19-16)12-7-8-13(11-5-6-11)15(9-12)20-4/h7-11H,5-6H2,1-4H3,(H,18,19). The van der Waals surface area contributed by atoms with E-state index in [0.717, 1.165) is 22.7 Å². The summed E-state index contributed by atoms with van der Waals surface area (Å²) in [5.41, 5.74) is 4.66. The summed E-state index contributed by atoms with van der Waals surface area (Å²) in [6.45, 7) is 6.54. The van der Waals surface area contributed by atoms with E-state index in [-0.39, 0.29) is 5.41 Å². The van der Waals surface area contributed by atoms with E-state index < -0.39 is 0 Å². The number of methoxy groups -OCH3 is 1. The topological polar surface area (TPSA) is 37.9 Å². The van der Waals surface area contributed by atoms with Gasteiger partial charge in [-0.15, -0.1) is 0 Å². The number of aromatic nitrogens is 2. The van der Waals surface area contributed by atoms with Crippen LogP contribution in [0.3, 0.4) is 0 Å². The lowest BCUT2D eigenvalue weighted by molar-refractivity contribution is 0.410. The quantitative estimate of drug-likeness (QED) is 0.905. The maximum absolute atomic E-state index is 5.54. The maximum atomic E-state index is 5.54. The van der Waals surface area contributed by atoms with Gasteiger partial charge < -0.3 is 4.74 Å². The largest absolute Gasteiger partial charge is 0.496 e. The lowest BCUT2D eigenvalue weighted by Gasteiger charge is -2.14. The first-order valence-electron chi connectivity index (χ1n) is 7.23. The van der Waals surface area contributed by atoms with E-state index in [1.54, 1.807) is 7.11 Å². The van der Waals surface area contributed by atoms with Crippen LogP contribution in [0.25, 0.3) is 11.3 Å². The lowest BCUT2D eigenvalue weighted by atomic mass is 9.92. The number of nitrogens with zero attached hydrogens (tertiary/aromatic N) is 1. The zero-order valence-electron chi connectivity index (χ0n) is 12.7. The molecule has 0 aliphatic heterocycles. The molecule has 3 rings (SSSR count). The third-order valence-electron chi connectivity index (χ3n) is 3.93. The van der Waals surface area contributed by atoms with Crippen LogP contribution in [0.1, 0.15) is 50.8 Å². The van der Waals surface area contributed by atoms with E-state index in [9.17, 15) is 0 Å². The first kappa shape index (κ1) is 13.2. The molecule has 0 amide bonds. The van der Waals surface area contributed by atoms with Gasteiger partial charge in [0.2, 0.25) is 0 Å². The highest BCUT2D eigenvalue weighted by Gasteiger charge is 2.27. The Labute approximate surface area is 120 Å². The number of benzene rings is 1. The van der Waals surface area contributed by atoms with Gasteiger partial charge >= 0.3 is 0 Å². The molecule has 0 atom stereocenters. The highest BCUT2D eigenvalue weighted by molar-refractivity contribution is 5.63. The smallest absolute Gasteiger partial charge is 0.123 e. The summed E-state index contributed by atoms with van der Waals surface area (Å²) in [6.07, 6.45) is 2.57. The monoisotopic (exact) mass is 270 g/mol. The van der Waals surface area contributed by atoms with Crippen molar-refractivity contribution >= 4 is 0 Å². The number of rotatable bonds is 3. The van der Waals surface area contributed by atoms with Crippen molar-refractivity contribution in [1.29, 1.82) is 0 Å². The molecule has 20 heavy (non-hydrogen) atoms. The Morgan fingerprint density at radius 3 is 2.50 bits per heavy atom. The van der Waals surface area contributed by atoms with Crippen LogP contribution in [-0.2, 0) is 5.41 Å². The highest BCUT2D eigenvalue weighted by Crippen LogP contribution is 2.45. The molecular weight excluding hydrogens is 248 g/mol. The maximum Gasteiger partial charge on any atom is 0.123 e. The van der Waals surface area contributed by atoms with Gasteiger partial charge in [-0.3, -0.25) is 5.10 Å². The Hall–Kier alpha value is -1.77. The molecule has 0 saturated heterocycles. The van der Waals surface area contributed by atoms with Crippen molar-refractivity contribution in [2.24, 2.45) is 0 Å². The molecule has 106 valence electrons. The van der Waals surface area contributed by atoms with Crippen molar-refractivity contribution in [2.75, 3.05) is 7.11 Å². The Morgan fingerprint density at radius 1 is 1.20 bits per heavy atom. The molecule has 0 radical (unpaired) electrons. The van der Waals surface area contributed by atoms with Crippen molar-refractivity contribution in [3.05, 3.63) is 35.5 Å². The molecule has 3 nitrogen and oxygen atoms in total. The van der Waals surface area contributed by atoms with Crippen molar-refractivity contribution in [2.45, 2.75) is 44.9 Å². The van der Waals surface area contributed by atoms with Gasteiger partial charge in [-0.05, 0) is 36.5 Å². The summed E-state index contributed by atoms with van der Waals surface area (Å²) in [4.78, 5) is 0. The summed E-state index contributed by atoms with van der Waals surface area (Å²) in [5, 5.41) is 7.58.